The summed E-state index contributed by atoms with van der Waals surface area (Å²) < 4.78 is 13.0. The zero-order valence-corrected chi connectivity index (χ0v) is 11.7. The lowest BCUT2D eigenvalue weighted by Gasteiger charge is -2.25. The zero-order chi connectivity index (χ0) is 13.9. The molecule has 0 spiro atoms. The van der Waals surface area contributed by atoms with Crippen LogP contribution >= 0.6 is 11.3 Å². The van der Waals surface area contributed by atoms with E-state index in [0.717, 1.165) is 13.0 Å². The minimum atomic E-state index is -0.291. The third kappa shape index (κ3) is 2.80. The summed E-state index contributed by atoms with van der Waals surface area (Å²) in [6, 6.07) is 8.30. The Morgan fingerprint density at radius 3 is 3.10 bits per heavy atom. The van der Waals surface area contributed by atoms with Crippen LogP contribution in [0.1, 0.15) is 16.0 Å². The van der Waals surface area contributed by atoms with Crippen molar-refractivity contribution in [2.24, 2.45) is 0 Å². The molecule has 0 atom stereocenters. The topological polar surface area (TPSA) is 20.3 Å². The van der Waals surface area contributed by atoms with E-state index in [4.69, 9.17) is 0 Å². The molecular weight excluding hydrogens is 273 g/mol. The van der Waals surface area contributed by atoms with Crippen molar-refractivity contribution in [2.45, 2.75) is 13.0 Å². The van der Waals surface area contributed by atoms with Gasteiger partial charge in [0, 0.05) is 24.0 Å². The zero-order valence-electron chi connectivity index (χ0n) is 10.9. The summed E-state index contributed by atoms with van der Waals surface area (Å²) in [4.78, 5) is 15.3. The Labute approximate surface area is 121 Å². The van der Waals surface area contributed by atoms with Crippen molar-refractivity contribution in [2.75, 3.05) is 6.54 Å². The summed E-state index contributed by atoms with van der Waals surface area (Å²) in [7, 11) is 0. The lowest BCUT2D eigenvalue weighted by molar-refractivity contribution is -0.126. The first-order valence-corrected chi connectivity index (χ1v) is 7.38. The highest BCUT2D eigenvalue weighted by Gasteiger charge is 2.19. The molecule has 0 saturated carbocycles. The lowest BCUT2D eigenvalue weighted by Crippen LogP contribution is -2.34. The van der Waals surface area contributed by atoms with Gasteiger partial charge < -0.3 is 4.90 Å². The Bertz CT molecular complexity index is 662. The molecule has 0 saturated heterocycles. The highest BCUT2D eigenvalue weighted by molar-refractivity contribution is 7.10. The number of benzene rings is 1. The van der Waals surface area contributed by atoms with Gasteiger partial charge in [-0.1, -0.05) is 12.1 Å². The molecule has 102 valence electrons. The van der Waals surface area contributed by atoms with Gasteiger partial charge in [0.1, 0.15) is 5.82 Å². The molecule has 0 radical (unpaired) electrons. The highest BCUT2D eigenvalue weighted by atomic mass is 32.1. The molecular formula is C16H14FNOS. The molecule has 0 bridgehead atoms. The fourth-order valence-corrected chi connectivity index (χ4v) is 3.21. The Morgan fingerprint density at radius 2 is 2.25 bits per heavy atom. The molecule has 1 amide bonds. The SMILES string of the molecule is O=C(C=Cc1cccc(F)c1)N1CCc2sccc2C1. The number of thiophene rings is 1. The molecule has 1 aromatic carbocycles. The van der Waals surface area contributed by atoms with E-state index >= 15 is 0 Å². The molecule has 0 aliphatic carbocycles. The number of carbonyl (C=O) groups excluding carboxylic acids is 1. The fourth-order valence-electron chi connectivity index (χ4n) is 2.32. The summed E-state index contributed by atoms with van der Waals surface area (Å²) in [5.41, 5.74) is 1.94. The first-order chi connectivity index (χ1) is 9.72. The van der Waals surface area contributed by atoms with Gasteiger partial charge in [0.15, 0.2) is 0 Å². The monoisotopic (exact) mass is 287 g/mol. The van der Waals surface area contributed by atoms with Gasteiger partial charge in [-0.25, -0.2) is 4.39 Å². The molecule has 2 nitrogen and oxygen atoms in total. The molecule has 0 N–H and O–H groups in total. The molecule has 20 heavy (non-hydrogen) atoms. The van der Waals surface area contributed by atoms with Crippen LogP contribution in [0.2, 0.25) is 0 Å². The normalized spacial score (nSPS) is 14.6. The van der Waals surface area contributed by atoms with Crippen molar-refractivity contribution in [1.82, 2.24) is 4.90 Å². The van der Waals surface area contributed by atoms with Gasteiger partial charge in [-0.05, 0) is 47.2 Å². The van der Waals surface area contributed by atoms with Crippen LogP contribution in [-0.4, -0.2) is 17.4 Å². The third-order valence-corrected chi connectivity index (χ3v) is 4.41. The first kappa shape index (κ1) is 13.1. The minimum absolute atomic E-state index is 0.0221. The molecule has 1 aliphatic heterocycles. The van der Waals surface area contributed by atoms with Crippen LogP contribution in [0.15, 0.2) is 41.8 Å². The van der Waals surface area contributed by atoms with Crippen LogP contribution in [0.4, 0.5) is 4.39 Å². The van der Waals surface area contributed by atoms with E-state index in [-0.39, 0.29) is 11.7 Å². The van der Waals surface area contributed by atoms with Crippen molar-refractivity contribution in [3.8, 4) is 0 Å². The average molecular weight is 287 g/mol. The van der Waals surface area contributed by atoms with Crippen LogP contribution in [-0.2, 0) is 17.8 Å². The summed E-state index contributed by atoms with van der Waals surface area (Å²) in [5.74, 6) is -0.313. The van der Waals surface area contributed by atoms with E-state index in [1.54, 1.807) is 29.5 Å². The van der Waals surface area contributed by atoms with E-state index in [9.17, 15) is 9.18 Å². The van der Waals surface area contributed by atoms with E-state index in [1.165, 1.54) is 28.6 Å². The second-order valence-corrected chi connectivity index (χ2v) is 5.77. The van der Waals surface area contributed by atoms with Gasteiger partial charge in [0.25, 0.3) is 0 Å². The van der Waals surface area contributed by atoms with Crippen LogP contribution in [0, 0.1) is 5.82 Å². The van der Waals surface area contributed by atoms with Gasteiger partial charge in [-0.2, -0.15) is 0 Å². The van der Waals surface area contributed by atoms with Crippen LogP contribution < -0.4 is 0 Å². The maximum atomic E-state index is 13.0. The van der Waals surface area contributed by atoms with Gasteiger partial charge in [0.2, 0.25) is 5.91 Å². The van der Waals surface area contributed by atoms with Gasteiger partial charge in [-0.3, -0.25) is 4.79 Å². The molecule has 0 fully saturated rings. The maximum absolute atomic E-state index is 13.0. The second-order valence-electron chi connectivity index (χ2n) is 4.77. The number of hydrogen-bond acceptors (Lipinski definition) is 2. The number of hydrogen-bond donors (Lipinski definition) is 0. The Balaban J connectivity index is 1.68. The smallest absolute Gasteiger partial charge is 0.246 e. The number of carbonyl (C=O) groups is 1. The maximum Gasteiger partial charge on any atom is 0.246 e. The van der Waals surface area contributed by atoms with Gasteiger partial charge in [-0.15, -0.1) is 11.3 Å². The van der Waals surface area contributed by atoms with E-state index in [1.807, 2.05) is 4.90 Å². The van der Waals surface area contributed by atoms with Crippen molar-refractivity contribution in [3.05, 3.63) is 63.6 Å². The number of fused-ring (bicyclic) bond motifs is 1. The van der Waals surface area contributed by atoms with E-state index < -0.39 is 0 Å². The van der Waals surface area contributed by atoms with Crippen molar-refractivity contribution < 1.29 is 9.18 Å². The van der Waals surface area contributed by atoms with Gasteiger partial charge >= 0.3 is 0 Å². The van der Waals surface area contributed by atoms with Crippen LogP contribution in [0.5, 0.6) is 0 Å². The lowest BCUT2D eigenvalue weighted by atomic mass is 10.1. The number of nitrogens with zero attached hydrogens (tertiary/aromatic N) is 1. The summed E-state index contributed by atoms with van der Waals surface area (Å²) in [5, 5.41) is 2.07. The first-order valence-electron chi connectivity index (χ1n) is 6.50. The summed E-state index contributed by atoms with van der Waals surface area (Å²) in [6.45, 7) is 1.42. The second kappa shape index (κ2) is 5.59. The number of rotatable bonds is 2. The van der Waals surface area contributed by atoms with Crippen LogP contribution in [0.25, 0.3) is 6.08 Å². The molecule has 4 heteroatoms. The molecule has 3 rings (SSSR count). The summed E-state index contributed by atoms with van der Waals surface area (Å²) >= 11 is 1.75. The van der Waals surface area contributed by atoms with Gasteiger partial charge in [0.05, 0.1) is 0 Å². The Hall–Kier alpha value is -1.94. The molecule has 1 aromatic heterocycles. The predicted molar refractivity (Wildman–Crippen MR) is 78.9 cm³/mol. The van der Waals surface area contributed by atoms with E-state index in [0.29, 0.717) is 12.1 Å². The molecule has 1 aliphatic rings. The number of amides is 1. The van der Waals surface area contributed by atoms with E-state index in [2.05, 4.69) is 11.4 Å². The van der Waals surface area contributed by atoms with Crippen molar-refractivity contribution in [3.63, 3.8) is 0 Å². The summed E-state index contributed by atoms with van der Waals surface area (Å²) in [6.07, 6.45) is 4.10. The van der Waals surface area contributed by atoms with Crippen molar-refractivity contribution >= 4 is 23.3 Å². The molecule has 2 heterocycles. The predicted octanol–water partition coefficient (Wildman–Crippen LogP) is 3.49. The Kier molecular flexibility index (Phi) is 3.65. The standard InChI is InChI=1S/C16H14FNOS/c17-14-3-1-2-12(10-14)4-5-16(19)18-8-6-15-13(11-18)7-9-20-15/h1-5,7,9-10H,6,8,11H2. The highest BCUT2D eigenvalue weighted by Crippen LogP contribution is 2.24. The third-order valence-electron chi connectivity index (χ3n) is 3.39. The quantitative estimate of drug-likeness (QED) is 0.774. The van der Waals surface area contributed by atoms with Crippen LogP contribution in [0.3, 0.4) is 0 Å². The fraction of sp³-hybridized carbons (Fsp3) is 0.188. The largest absolute Gasteiger partial charge is 0.334 e. The average Bonchev–Trinajstić information content (AvgIpc) is 2.92. The van der Waals surface area contributed by atoms with Crippen molar-refractivity contribution in [1.29, 1.82) is 0 Å². The minimum Gasteiger partial charge on any atom is -0.334 e. The Morgan fingerprint density at radius 1 is 1.35 bits per heavy atom. The molecule has 2 aromatic rings. The number of halogens is 1. The molecule has 0 unspecified atom stereocenters.